The summed E-state index contributed by atoms with van der Waals surface area (Å²) < 4.78 is 29.4. The number of aliphatic hydroxyl groups excluding tert-OH is 1. The van der Waals surface area contributed by atoms with Gasteiger partial charge in [-0.2, -0.15) is 0 Å². The monoisotopic (exact) mass is 464 g/mol. The molecule has 0 saturated heterocycles. The second-order valence-electron chi connectivity index (χ2n) is 7.40. The maximum Gasteiger partial charge on any atom is 0.343 e. The molecule has 3 rings (SSSR count). The van der Waals surface area contributed by atoms with E-state index in [9.17, 15) is 19.1 Å². The lowest BCUT2D eigenvalue weighted by Crippen LogP contribution is -2.24. The summed E-state index contributed by atoms with van der Waals surface area (Å²) in [6.45, 7) is 4.91. The minimum atomic E-state index is -0.961. The van der Waals surface area contributed by atoms with Gasteiger partial charge in [0.2, 0.25) is 0 Å². The van der Waals surface area contributed by atoms with Crippen molar-refractivity contribution in [2.75, 3.05) is 13.2 Å². The fraction of sp³-hybridized carbons (Fsp3) is 0.185. The number of aliphatic hydroxyl groups is 1. The largest absolute Gasteiger partial charge is 0.491 e. The van der Waals surface area contributed by atoms with Crippen molar-refractivity contribution in [1.29, 1.82) is 0 Å². The van der Waals surface area contributed by atoms with E-state index in [-0.39, 0.29) is 19.0 Å². The first kappa shape index (κ1) is 24.7. The van der Waals surface area contributed by atoms with E-state index in [2.05, 4.69) is 6.58 Å². The number of hydrogen-bond acceptors (Lipinski definition) is 6. The Morgan fingerprint density at radius 1 is 0.971 bits per heavy atom. The van der Waals surface area contributed by atoms with Gasteiger partial charge in [0, 0.05) is 12.1 Å². The molecule has 0 bridgehead atoms. The van der Waals surface area contributed by atoms with Gasteiger partial charge >= 0.3 is 11.9 Å². The Kier molecular flexibility index (Phi) is 8.54. The highest BCUT2D eigenvalue weighted by Gasteiger charge is 2.12. The molecule has 1 atom stereocenters. The Morgan fingerprint density at radius 2 is 1.59 bits per heavy atom. The molecule has 3 aromatic rings. The highest BCUT2D eigenvalue weighted by molar-refractivity contribution is 5.91. The first-order valence-electron chi connectivity index (χ1n) is 10.7. The van der Waals surface area contributed by atoms with Gasteiger partial charge in [0.1, 0.15) is 36.6 Å². The molecule has 0 amide bonds. The molecule has 1 N–H and O–H groups in total. The third-order valence-electron chi connectivity index (χ3n) is 4.95. The van der Waals surface area contributed by atoms with Crippen molar-refractivity contribution < 1.29 is 33.3 Å². The molecule has 0 aliphatic carbocycles. The molecule has 1 unspecified atom stereocenters. The van der Waals surface area contributed by atoms with E-state index < -0.39 is 23.9 Å². The summed E-state index contributed by atoms with van der Waals surface area (Å²) in [6.07, 6.45) is 0.620. The second-order valence-corrected chi connectivity index (χ2v) is 7.40. The molecule has 0 radical (unpaired) electrons. The summed E-state index contributed by atoms with van der Waals surface area (Å²) in [6, 6.07) is 18.4. The molecule has 0 heterocycles. The van der Waals surface area contributed by atoms with Crippen LogP contribution >= 0.6 is 0 Å². The van der Waals surface area contributed by atoms with Crippen LogP contribution in [-0.2, 0) is 16.0 Å². The minimum Gasteiger partial charge on any atom is -0.491 e. The van der Waals surface area contributed by atoms with Crippen LogP contribution in [0.25, 0.3) is 11.1 Å². The van der Waals surface area contributed by atoms with E-state index in [1.165, 1.54) is 6.07 Å². The molecule has 0 spiro atoms. The van der Waals surface area contributed by atoms with Crippen molar-refractivity contribution in [3.8, 4) is 22.6 Å². The van der Waals surface area contributed by atoms with Crippen molar-refractivity contribution in [1.82, 2.24) is 0 Å². The third-order valence-corrected chi connectivity index (χ3v) is 4.95. The molecule has 3 aromatic carbocycles. The SMILES string of the molecule is C=CC(=O)OCC(O)COc1ccc(-c2ccc(C(=O)Oc3ccc(CC)c(F)c3)cc2)cc1. The molecular formula is C27H25FO6. The lowest BCUT2D eigenvalue weighted by Gasteiger charge is -2.12. The number of carbonyl (C=O) groups is 2. The van der Waals surface area contributed by atoms with Crippen molar-refractivity contribution in [3.63, 3.8) is 0 Å². The number of ether oxygens (including phenoxy) is 3. The summed E-state index contributed by atoms with van der Waals surface area (Å²) in [5.74, 6) is -0.887. The van der Waals surface area contributed by atoms with Crippen LogP contribution in [0.15, 0.2) is 79.4 Å². The van der Waals surface area contributed by atoms with E-state index in [1.54, 1.807) is 48.5 Å². The van der Waals surface area contributed by atoms with Gasteiger partial charge in [-0.15, -0.1) is 0 Å². The standard InChI is InChI=1S/C27H25FO6/c1-3-18-9-14-24(15-25(18)28)34-27(31)21-7-5-19(6-8-21)20-10-12-23(13-11-20)32-16-22(29)17-33-26(30)4-2/h4-15,22,29H,2-3,16-17H2,1H3. The highest BCUT2D eigenvalue weighted by atomic mass is 19.1. The molecule has 6 nitrogen and oxygen atoms in total. The van der Waals surface area contributed by atoms with Gasteiger partial charge in [0.15, 0.2) is 0 Å². The number of aryl methyl sites for hydroxylation is 1. The lowest BCUT2D eigenvalue weighted by atomic mass is 10.0. The second kappa shape index (κ2) is 11.8. The molecule has 0 aliphatic heterocycles. The fourth-order valence-electron chi connectivity index (χ4n) is 3.06. The minimum absolute atomic E-state index is 0.0361. The van der Waals surface area contributed by atoms with Gasteiger partial charge in [0.25, 0.3) is 0 Å². The molecule has 7 heteroatoms. The van der Waals surface area contributed by atoms with Crippen LogP contribution in [0.5, 0.6) is 11.5 Å². The molecule has 176 valence electrons. The van der Waals surface area contributed by atoms with E-state index in [1.807, 2.05) is 19.1 Å². The van der Waals surface area contributed by atoms with Crippen molar-refractivity contribution in [2.24, 2.45) is 0 Å². The van der Waals surface area contributed by atoms with Crippen LogP contribution in [0, 0.1) is 5.82 Å². The van der Waals surface area contributed by atoms with Crippen LogP contribution < -0.4 is 9.47 Å². The number of carbonyl (C=O) groups excluding carboxylic acids is 2. The summed E-state index contributed by atoms with van der Waals surface area (Å²) in [5.41, 5.74) is 2.67. The normalized spacial score (nSPS) is 11.4. The molecule has 0 aromatic heterocycles. The van der Waals surface area contributed by atoms with Crippen LogP contribution in [0.1, 0.15) is 22.8 Å². The lowest BCUT2D eigenvalue weighted by molar-refractivity contribution is -0.141. The summed E-state index contributed by atoms with van der Waals surface area (Å²) in [4.78, 5) is 23.4. The topological polar surface area (TPSA) is 82.1 Å². The van der Waals surface area contributed by atoms with Gasteiger partial charge in [0.05, 0.1) is 5.56 Å². The molecule has 34 heavy (non-hydrogen) atoms. The first-order valence-corrected chi connectivity index (χ1v) is 10.7. The smallest absolute Gasteiger partial charge is 0.343 e. The molecular weight excluding hydrogens is 439 g/mol. The van der Waals surface area contributed by atoms with E-state index in [0.29, 0.717) is 23.3 Å². The van der Waals surface area contributed by atoms with E-state index in [4.69, 9.17) is 14.2 Å². The zero-order valence-corrected chi connectivity index (χ0v) is 18.7. The van der Waals surface area contributed by atoms with Gasteiger partial charge in [-0.3, -0.25) is 0 Å². The van der Waals surface area contributed by atoms with Crippen LogP contribution in [0.4, 0.5) is 4.39 Å². The average Bonchev–Trinajstić information content (AvgIpc) is 2.86. The van der Waals surface area contributed by atoms with E-state index in [0.717, 1.165) is 17.2 Å². The Hall–Kier alpha value is -3.97. The zero-order chi connectivity index (χ0) is 24.5. The Balaban J connectivity index is 1.55. The molecule has 0 aliphatic rings. The Labute approximate surface area is 197 Å². The Morgan fingerprint density at radius 3 is 2.18 bits per heavy atom. The number of benzene rings is 3. The molecule has 0 fully saturated rings. The summed E-state index contributed by atoms with van der Waals surface area (Å²) >= 11 is 0. The summed E-state index contributed by atoms with van der Waals surface area (Å²) in [5, 5.41) is 9.80. The van der Waals surface area contributed by atoms with Gasteiger partial charge in [-0.25, -0.2) is 14.0 Å². The number of rotatable bonds is 10. The average molecular weight is 464 g/mol. The van der Waals surface area contributed by atoms with E-state index >= 15 is 0 Å². The first-order chi connectivity index (χ1) is 16.4. The van der Waals surface area contributed by atoms with Crippen LogP contribution in [-0.4, -0.2) is 36.4 Å². The van der Waals surface area contributed by atoms with Gasteiger partial charge < -0.3 is 19.3 Å². The number of esters is 2. The zero-order valence-electron chi connectivity index (χ0n) is 18.7. The predicted molar refractivity (Wildman–Crippen MR) is 125 cm³/mol. The van der Waals surface area contributed by atoms with Crippen molar-refractivity contribution in [3.05, 3.63) is 96.3 Å². The quantitative estimate of drug-likeness (QED) is 0.265. The highest BCUT2D eigenvalue weighted by Crippen LogP contribution is 2.24. The van der Waals surface area contributed by atoms with Gasteiger partial charge in [-0.1, -0.05) is 43.8 Å². The van der Waals surface area contributed by atoms with Crippen molar-refractivity contribution in [2.45, 2.75) is 19.4 Å². The number of hydrogen-bond donors (Lipinski definition) is 1. The summed E-state index contributed by atoms with van der Waals surface area (Å²) in [7, 11) is 0. The predicted octanol–water partition coefficient (Wildman–Crippen LogP) is 4.74. The fourth-order valence-corrected chi connectivity index (χ4v) is 3.06. The van der Waals surface area contributed by atoms with Gasteiger partial charge in [-0.05, 0) is 53.4 Å². The molecule has 0 saturated carbocycles. The van der Waals surface area contributed by atoms with Crippen LogP contribution in [0.3, 0.4) is 0 Å². The maximum absolute atomic E-state index is 13.9. The maximum atomic E-state index is 13.9. The van der Waals surface area contributed by atoms with Crippen LogP contribution in [0.2, 0.25) is 0 Å². The third kappa shape index (κ3) is 6.76. The Bertz CT molecular complexity index is 1140. The van der Waals surface area contributed by atoms with Crippen molar-refractivity contribution >= 4 is 11.9 Å². The number of halogens is 1.